The highest BCUT2D eigenvalue weighted by Crippen LogP contribution is 2.54. The molecule has 2 N–H and O–H groups in total. The molecule has 1 aliphatic heterocycles. The highest BCUT2D eigenvalue weighted by molar-refractivity contribution is 5.94. The van der Waals surface area contributed by atoms with E-state index in [1.54, 1.807) is 0 Å². The summed E-state index contributed by atoms with van der Waals surface area (Å²) >= 11 is 0. The number of aryl methyl sites for hydroxylation is 1. The van der Waals surface area contributed by atoms with E-state index in [4.69, 9.17) is 4.74 Å². The van der Waals surface area contributed by atoms with Crippen LogP contribution in [0.15, 0.2) is 48.5 Å². The van der Waals surface area contributed by atoms with E-state index < -0.39 is 5.60 Å². The van der Waals surface area contributed by atoms with Crippen LogP contribution in [0.3, 0.4) is 0 Å². The van der Waals surface area contributed by atoms with Crippen LogP contribution >= 0.6 is 0 Å². The molecule has 5 nitrogen and oxygen atoms in total. The molecule has 36 heavy (non-hydrogen) atoms. The van der Waals surface area contributed by atoms with E-state index in [0.717, 1.165) is 64.1 Å². The number of hydrogen-bond donors (Lipinski definition) is 2. The van der Waals surface area contributed by atoms with Gasteiger partial charge in [-0.3, -0.25) is 9.69 Å². The van der Waals surface area contributed by atoms with Crippen LogP contribution in [-0.2, 0) is 23.0 Å². The minimum Gasteiger partial charge on any atom is -0.379 e. The van der Waals surface area contributed by atoms with Gasteiger partial charge >= 0.3 is 0 Å². The first-order chi connectivity index (χ1) is 17.5. The van der Waals surface area contributed by atoms with Gasteiger partial charge in [-0.2, -0.15) is 0 Å². The lowest BCUT2D eigenvalue weighted by molar-refractivity contribution is -0.00801. The second kappa shape index (κ2) is 10.8. The molecule has 190 valence electrons. The number of fused-ring (bicyclic) bond motifs is 3. The first kappa shape index (κ1) is 25.0. The van der Waals surface area contributed by atoms with Gasteiger partial charge in [0.05, 0.1) is 13.2 Å². The smallest absolute Gasteiger partial charge is 0.251 e. The van der Waals surface area contributed by atoms with Crippen LogP contribution in [0.2, 0.25) is 0 Å². The zero-order valence-electron chi connectivity index (χ0n) is 21.4. The number of rotatable bonds is 6. The number of morpholine rings is 1. The van der Waals surface area contributed by atoms with Crippen LogP contribution in [0.5, 0.6) is 0 Å². The van der Waals surface area contributed by atoms with Gasteiger partial charge in [0.25, 0.3) is 5.91 Å². The predicted octanol–water partition coefficient (Wildman–Crippen LogP) is 3.73. The van der Waals surface area contributed by atoms with Crippen molar-refractivity contribution in [3.8, 4) is 11.8 Å². The van der Waals surface area contributed by atoms with Gasteiger partial charge < -0.3 is 15.2 Å². The van der Waals surface area contributed by atoms with Gasteiger partial charge in [0, 0.05) is 37.2 Å². The Bertz CT molecular complexity index is 1130. The van der Waals surface area contributed by atoms with Crippen LogP contribution in [0.25, 0.3) is 0 Å². The molecule has 3 aliphatic rings. The van der Waals surface area contributed by atoms with Crippen molar-refractivity contribution in [1.82, 2.24) is 10.2 Å². The van der Waals surface area contributed by atoms with E-state index in [-0.39, 0.29) is 11.3 Å². The fourth-order valence-electron chi connectivity index (χ4n) is 6.72. The summed E-state index contributed by atoms with van der Waals surface area (Å²) in [7, 11) is 0. The van der Waals surface area contributed by atoms with Crippen molar-refractivity contribution < 1.29 is 14.6 Å². The number of hydrogen-bond acceptors (Lipinski definition) is 4. The Balaban J connectivity index is 1.37. The molecule has 1 amide bonds. The van der Waals surface area contributed by atoms with Crippen molar-refractivity contribution in [2.75, 3.05) is 39.4 Å². The SMILES string of the molecule is CC#C[C@@]1(O)CC[C@@]2(Cc3ccccc3)c3ccc(C(=O)NCCN4CCOCC4)cc3CC[C@@H]2C1. The molecule has 2 aliphatic carbocycles. The van der Waals surface area contributed by atoms with Crippen molar-refractivity contribution in [3.63, 3.8) is 0 Å². The van der Waals surface area contributed by atoms with Crippen molar-refractivity contribution in [2.45, 2.75) is 56.5 Å². The minimum absolute atomic E-state index is 0.00142. The second-order valence-electron chi connectivity index (χ2n) is 10.7. The summed E-state index contributed by atoms with van der Waals surface area (Å²) in [4.78, 5) is 15.3. The fraction of sp³-hybridized carbons (Fsp3) is 0.516. The zero-order chi connectivity index (χ0) is 25.0. The van der Waals surface area contributed by atoms with Crippen molar-refractivity contribution in [1.29, 1.82) is 0 Å². The van der Waals surface area contributed by atoms with E-state index >= 15 is 0 Å². The lowest BCUT2D eigenvalue weighted by atomic mass is 9.52. The third-order valence-corrected chi connectivity index (χ3v) is 8.55. The molecule has 0 radical (unpaired) electrons. The van der Waals surface area contributed by atoms with Gasteiger partial charge in [-0.1, -0.05) is 42.3 Å². The summed E-state index contributed by atoms with van der Waals surface area (Å²) < 4.78 is 5.41. The van der Waals surface area contributed by atoms with Crippen LogP contribution in [-0.4, -0.2) is 60.9 Å². The summed E-state index contributed by atoms with van der Waals surface area (Å²) in [5.74, 6) is 6.43. The van der Waals surface area contributed by atoms with Crippen molar-refractivity contribution >= 4 is 5.91 Å². The van der Waals surface area contributed by atoms with Gasteiger partial charge in [-0.15, -0.1) is 5.92 Å². The number of ether oxygens (including phenoxy) is 1. The maximum atomic E-state index is 13.0. The van der Waals surface area contributed by atoms with Gasteiger partial charge in [0.1, 0.15) is 5.60 Å². The fourth-order valence-corrected chi connectivity index (χ4v) is 6.72. The zero-order valence-corrected chi connectivity index (χ0v) is 21.4. The molecule has 2 aromatic carbocycles. The van der Waals surface area contributed by atoms with Gasteiger partial charge in [0.15, 0.2) is 0 Å². The largest absolute Gasteiger partial charge is 0.379 e. The molecule has 5 rings (SSSR count). The molecule has 1 saturated heterocycles. The highest BCUT2D eigenvalue weighted by atomic mass is 16.5. The number of carbonyl (C=O) groups excluding carboxylic acids is 1. The van der Waals surface area contributed by atoms with Crippen molar-refractivity contribution in [2.24, 2.45) is 5.92 Å². The Hall–Kier alpha value is -2.65. The molecule has 0 aromatic heterocycles. The summed E-state index contributed by atoms with van der Waals surface area (Å²) in [6.45, 7) is 6.71. The Labute approximate surface area is 215 Å². The molecule has 5 heteroatoms. The molecule has 1 saturated carbocycles. The summed E-state index contributed by atoms with van der Waals surface area (Å²) in [5.41, 5.74) is 3.79. The highest BCUT2D eigenvalue weighted by Gasteiger charge is 2.51. The number of nitrogens with zero attached hydrogens (tertiary/aromatic N) is 1. The van der Waals surface area contributed by atoms with E-state index in [1.807, 2.05) is 13.0 Å². The second-order valence-corrected chi connectivity index (χ2v) is 10.7. The Kier molecular flexibility index (Phi) is 7.48. The summed E-state index contributed by atoms with van der Waals surface area (Å²) in [6, 6.07) is 17.0. The molecular formula is C31H38N2O3. The number of aliphatic hydroxyl groups is 1. The molecule has 1 heterocycles. The van der Waals surface area contributed by atoms with Gasteiger partial charge in [-0.25, -0.2) is 0 Å². The predicted molar refractivity (Wildman–Crippen MR) is 142 cm³/mol. The first-order valence-electron chi connectivity index (χ1n) is 13.4. The molecule has 0 bridgehead atoms. The molecule has 2 aromatic rings. The number of benzene rings is 2. The van der Waals surface area contributed by atoms with Gasteiger partial charge in [-0.05, 0) is 80.2 Å². The average Bonchev–Trinajstić information content (AvgIpc) is 2.90. The maximum Gasteiger partial charge on any atom is 0.251 e. The van der Waals surface area contributed by atoms with Gasteiger partial charge in [0.2, 0.25) is 0 Å². The quantitative estimate of drug-likeness (QED) is 0.611. The number of nitrogens with one attached hydrogen (secondary N) is 1. The van der Waals surface area contributed by atoms with Crippen LogP contribution < -0.4 is 5.32 Å². The maximum absolute atomic E-state index is 13.0. The van der Waals surface area contributed by atoms with Crippen LogP contribution in [0.1, 0.15) is 59.7 Å². The Morgan fingerprint density at radius 3 is 2.75 bits per heavy atom. The Morgan fingerprint density at radius 1 is 1.17 bits per heavy atom. The van der Waals surface area contributed by atoms with Crippen LogP contribution in [0.4, 0.5) is 0 Å². The van der Waals surface area contributed by atoms with E-state index in [0.29, 0.717) is 25.3 Å². The van der Waals surface area contributed by atoms with E-state index in [2.05, 4.69) is 64.5 Å². The number of amides is 1. The van der Waals surface area contributed by atoms with Crippen LogP contribution in [0, 0.1) is 17.8 Å². The molecule has 0 unspecified atom stereocenters. The third kappa shape index (κ3) is 5.22. The Morgan fingerprint density at radius 2 is 1.97 bits per heavy atom. The van der Waals surface area contributed by atoms with Crippen molar-refractivity contribution in [3.05, 3.63) is 70.8 Å². The summed E-state index contributed by atoms with van der Waals surface area (Å²) in [6.07, 6.45) is 5.18. The number of carbonyl (C=O) groups is 1. The standard InChI is InChI=1S/C31H38N2O3/c1-2-12-30(35)13-14-31(22-24-6-4-3-5-7-24)27(23-30)10-8-25-21-26(9-11-28(25)31)29(34)32-15-16-33-17-19-36-20-18-33/h3-7,9,11,21,27,35H,8,10,13-20,22-23H2,1H3,(H,32,34)/t27-,30-,31+/m1/s1. The summed E-state index contributed by atoms with van der Waals surface area (Å²) in [5, 5.41) is 14.3. The molecule has 0 spiro atoms. The topological polar surface area (TPSA) is 61.8 Å². The third-order valence-electron chi connectivity index (χ3n) is 8.55. The minimum atomic E-state index is -0.891. The molecular weight excluding hydrogens is 448 g/mol. The lowest BCUT2D eigenvalue weighted by Gasteiger charge is -2.52. The average molecular weight is 487 g/mol. The molecule has 3 atom stereocenters. The van der Waals surface area contributed by atoms with E-state index in [1.165, 1.54) is 16.7 Å². The normalized spacial score (nSPS) is 27.8. The molecule has 2 fully saturated rings. The first-order valence-corrected chi connectivity index (χ1v) is 13.4. The lowest BCUT2D eigenvalue weighted by Crippen LogP contribution is -2.51. The monoisotopic (exact) mass is 486 g/mol. The van der Waals surface area contributed by atoms with E-state index in [9.17, 15) is 9.90 Å².